The summed E-state index contributed by atoms with van der Waals surface area (Å²) in [5.74, 6) is 1.62. The predicted octanol–water partition coefficient (Wildman–Crippen LogP) is 3.88. The summed E-state index contributed by atoms with van der Waals surface area (Å²) < 4.78 is 11.3. The maximum atomic E-state index is 13.3. The van der Waals surface area contributed by atoms with Crippen molar-refractivity contribution in [3.05, 3.63) is 84.3 Å². The van der Waals surface area contributed by atoms with Crippen LogP contribution in [0.2, 0.25) is 0 Å². The first-order chi connectivity index (χ1) is 13.2. The summed E-state index contributed by atoms with van der Waals surface area (Å²) >= 11 is 0. The number of carbonyl (C=O) groups is 1. The Hall–Kier alpha value is -3.05. The Morgan fingerprint density at radius 3 is 2.63 bits per heavy atom. The van der Waals surface area contributed by atoms with E-state index in [9.17, 15) is 4.79 Å². The Kier molecular flexibility index (Phi) is 4.94. The van der Waals surface area contributed by atoms with Gasteiger partial charge >= 0.3 is 0 Å². The van der Waals surface area contributed by atoms with Gasteiger partial charge in [0.2, 0.25) is 5.91 Å². The van der Waals surface area contributed by atoms with Crippen LogP contribution in [-0.4, -0.2) is 31.0 Å². The van der Waals surface area contributed by atoms with Gasteiger partial charge in [-0.2, -0.15) is 0 Å². The first kappa shape index (κ1) is 17.4. The molecule has 138 valence electrons. The van der Waals surface area contributed by atoms with Crippen molar-refractivity contribution in [3.8, 4) is 5.75 Å². The quantitative estimate of drug-likeness (QED) is 0.691. The molecule has 0 saturated heterocycles. The molecule has 0 radical (unpaired) electrons. The van der Waals surface area contributed by atoms with E-state index in [1.807, 2.05) is 83.6 Å². The lowest BCUT2D eigenvalue weighted by atomic mass is 10.0. The van der Waals surface area contributed by atoms with Crippen LogP contribution >= 0.6 is 0 Å². The van der Waals surface area contributed by atoms with E-state index in [4.69, 9.17) is 9.15 Å². The van der Waals surface area contributed by atoms with Crippen LogP contribution in [0.15, 0.2) is 77.4 Å². The van der Waals surface area contributed by atoms with Crippen molar-refractivity contribution in [2.24, 2.45) is 0 Å². The fourth-order valence-corrected chi connectivity index (χ4v) is 3.45. The highest BCUT2D eigenvalue weighted by molar-refractivity contribution is 5.97. The number of likely N-dealkylation sites (N-methyl/N-ethyl adjacent to an activating group) is 1. The van der Waals surface area contributed by atoms with Gasteiger partial charge < -0.3 is 9.15 Å². The smallest absolute Gasteiger partial charge is 0.241 e. The van der Waals surface area contributed by atoms with Gasteiger partial charge in [0, 0.05) is 0 Å². The van der Waals surface area contributed by atoms with Crippen LogP contribution in [0.4, 0.5) is 5.69 Å². The van der Waals surface area contributed by atoms with Gasteiger partial charge in [0.1, 0.15) is 18.1 Å². The van der Waals surface area contributed by atoms with Crippen LogP contribution in [0, 0.1) is 0 Å². The van der Waals surface area contributed by atoms with E-state index in [2.05, 4.69) is 0 Å². The molecular weight excluding hydrogens is 340 g/mol. The molecule has 0 saturated carbocycles. The van der Waals surface area contributed by atoms with Crippen molar-refractivity contribution in [1.29, 1.82) is 0 Å². The van der Waals surface area contributed by atoms with E-state index >= 15 is 0 Å². The molecule has 27 heavy (non-hydrogen) atoms. The lowest BCUT2D eigenvalue weighted by Crippen LogP contribution is -2.45. The zero-order valence-electron chi connectivity index (χ0n) is 15.2. The number of rotatable bonds is 5. The van der Waals surface area contributed by atoms with Crippen LogP contribution in [-0.2, 0) is 11.3 Å². The number of fused-ring (bicyclic) bond motifs is 1. The Morgan fingerprint density at radius 1 is 1.07 bits per heavy atom. The maximum Gasteiger partial charge on any atom is 0.241 e. The highest BCUT2D eigenvalue weighted by atomic mass is 16.5. The van der Waals surface area contributed by atoms with Crippen molar-refractivity contribution in [1.82, 2.24) is 4.90 Å². The van der Waals surface area contributed by atoms with Crippen LogP contribution in [0.25, 0.3) is 0 Å². The molecule has 0 N–H and O–H groups in total. The van der Waals surface area contributed by atoms with Gasteiger partial charge in [-0.1, -0.05) is 42.5 Å². The molecular formula is C22H22N2O3. The predicted molar refractivity (Wildman–Crippen MR) is 104 cm³/mol. The monoisotopic (exact) mass is 362 g/mol. The number of para-hydroxylation sites is 2. The number of furan rings is 1. The second-order valence-electron chi connectivity index (χ2n) is 6.72. The van der Waals surface area contributed by atoms with Crippen LogP contribution in [0.1, 0.15) is 17.4 Å². The Morgan fingerprint density at radius 2 is 1.85 bits per heavy atom. The van der Waals surface area contributed by atoms with Gasteiger partial charge in [0.25, 0.3) is 0 Å². The van der Waals surface area contributed by atoms with Crippen LogP contribution in [0.3, 0.4) is 0 Å². The molecule has 3 aromatic rings. The Labute approximate surface area is 158 Å². The molecule has 1 atom stereocenters. The van der Waals surface area contributed by atoms with E-state index < -0.39 is 0 Å². The minimum absolute atomic E-state index is 0.0358. The number of hydrogen-bond acceptors (Lipinski definition) is 4. The van der Waals surface area contributed by atoms with Gasteiger partial charge in [0.05, 0.1) is 31.1 Å². The highest BCUT2D eigenvalue weighted by Gasteiger charge is 2.33. The highest BCUT2D eigenvalue weighted by Crippen LogP contribution is 2.39. The molecule has 0 bridgehead atoms. The van der Waals surface area contributed by atoms with Crippen molar-refractivity contribution < 1.29 is 13.9 Å². The Bertz CT molecular complexity index is 893. The fourth-order valence-electron chi connectivity index (χ4n) is 3.45. The number of carbonyl (C=O) groups excluding carboxylic acids is 1. The zero-order valence-corrected chi connectivity index (χ0v) is 15.2. The number of amides is 1. The summed E-state index contributed by atoms with van der Waals surface area (Å²) in [6.45, 7) is 1.31. The molecule has 5 heteroatoms. The van der Waals surface area contributed by atoms with Gasteiger partial charge in [-0.3, -0.25) is 14.6 Å². The van der Waals surface area contributed by atoms with E-state index in [0.29, 0.717) is 19.7 Å². The number of hydrogen-bond donors (Lipinski definition) is 0. The number of anilines is 1. The largest absolute Gasteiger partial charge is 0.489 e. The molecule has 1 amide bonds. The summed E-state index contributed by atoms with van der Waals surface area (Å²) in [5, 5.41) is 0. The summed E-state index contributed by atoms with van der Waals surface area (Å²) in [6.07, 6.45) is 1.65. The minimum Gasteiger partial charge on any atom is -0.489 e. The van der Waals surface area contributed by atoms with E-state index in [1.54, 1.807) is 6.26 Å². The van der Waals surface area contributed by atoms with E-state index in [-0.39, 0.29) is 11.9 Å². The fraction of sp³-hybridized carbons (Fsp3) is 0.227. The minimum atomic E-state index is -0.148. The normalized spacial score (nSPS) is 16.1. The first-order valence-electron chi connectivity index (χ1n) is 9.02. The van der Waals surface area contributed by atoms with Gasteiger partial charge in [0.15, 0.2) is 0 Å². The van der Waals surface area contributed by atoms with Gasteiger partial charge in [-0.25, -0.2) is 0 Å². The lowest BCUT2D eigenvalue weighted by molar-refractivity contribution is -0.120. The molecule has 0 aliphatic carbocycles. The van der Waals surface area contributed by atoms with E-state index in [1.165, 1.54) is 0 Å². The van der Waals surface area contributed by atoms with Crippen LogP contribution < -0.4 is 9.64 Å². The SMILES string of the molecule is CN(CC(=O)N1c2ccccc2OC[C@H]1c1ccccc1)Cc1ccco1. The number of nitrogens with zero attached hydrogens (tertiary/aromatic N) is 2. The topological polar surface area (TPSA) is 45.9 Å². The lowest BCUT2D eigenvalue weighted by Gasteiger charge is -2.38. The zero-order chi connectivity index (χ0) is 18.6. The molecule has 1 aliphatic heterocycles. The van der Waals surface area contributed by atoms with Gasteiger partial charge in [-0.15, -0.1) is 0 Å². The van der Waals surface area contributed by atoms with E-state index in [0.717, 1.165) is 22.8 Å². The third kappa shape index (κ3) is 3.73. The summed E-state index contributed by atoms with van der Waals surface area (Å²) in [4.78, 5) is 17.1. The standard InChI is InChI=1S/C22H22N2O3/c1-23(14-18-10-7-13-26-18)15-22(25)24-19-11-5-6-12-21(19)27-16-20(24)17-8-3-2-4-9-17/h2-13,20H,14-16H2,1H3/t20-/m0/s1. The molecule has 1 aromatic heterocycles. The molecule has 2 heterocycles. The molecule has 4 rings (SSSR count). The first-order valence-corrected chi connectivity index (χ1v) is 9.02. The average molecular weight is 362 g/mol. The summed E-state index contributed by atoms with van der Waals surface area (Å²) in [7, 11) is 1.92. The second-order valence-corrected chi connectivity index (χ2v) is 6.72. The summed E-state index contributed by atoms with van der Waals surface area (Å²) in [5.41, 5.74) is 1.88. The molecule has 2 aromatic carbocycles. The van der Waals surface area contributed by atoms with Gasteiger partial charge in [-0.05, 0) is 36.9 Å². The van der Waals surface area contributed by atoms with Crippen molar-refractivity contribution in [2.45, 2.75) is 12.6 Å². The number of ether oxygens (including phenoxy) is 1. The molecule has 0 fully saturated rings. The van der Waals surface area contributed by atoms with Crippen LogP contribution in [0.5, 0.6) is 5.75 Å². The average Bonchev–Trinajstić information content (AvgIpc) is 3.20. The molecule has 1 aliphatic rings. The molecule has 0 spiro atoms. The van der Waals surface area contributed by atoms with Crippen molar-refractivity contribution >= 4 is 11.6 Å². The second kappa shape index (κ2) is 7.68. The molecule has 0 unspecified atom stereocenters. The van der Waals surface area contributed by atoms with Crippen molar-refractivity contribution in [2.75, 3.05) is 25.1 Å². The third-order valence-electron chi connectivity index (χ3n) is 4.70. The number of benzene rings is 2. The molecule has 5 nitrogen and oxygen atoms in total. The Balaban J connectivity index is 1.60. The van der Waals surface area contributed by atoms with Crippen molar-refractivity contribution in [3.63, 3.8) is 0 Å². The third-order valence-corrected chi connectivity index (χ3v) is 4.70. The summed E-state index contributed by atoms with van der Waals surface area (Å²) in [6, 6.07) is 21.3. The maximum absolute atomic E-state index is 13.3.